The second-order valence-electron chi connectivity index (χ2n) is 3.81. The second-order valence-corrected chi connectivity index (χ2v) is 3.81. The number of urea groups is 1. The number of carbonyl (C=O) groups excluding carboxylic acids is 2. The summed E-state index contributed by atoms with van der Waals surface area (Å²) in [5, 5.41) is 18.6. The summed E-state index contributed by atoms with van der Waals surface area (Å²) in [5.74, 6) is -0.597. The standard InChI is InChI=1S/C9H10N4O5/c1-4-2-11-18-5(4)9(3-10-8(16)17)6(14)12-7(15)13-9/h2,10H,3H2,1H3,(H,16,17)(H2,12,13,14,15). The van der Waals surface area contributed by atoms with Gasteiger partial charge in [-0.3, -0.25) is 10.1 Å². The molecule has 0 saturated carbocycles. The van der Waals surface area contributed by atoms with Gasteiger partial charge in [0, 0.05) is 5.56 Å². The molecular weight excluding hydrogens is 244 g/mol. The van der Waals surface area contributed by atoms with Crippen LogP contribution in [0, 0.1) is 6.92 Å². The molecule has 9 nitrogen and oxygen atoms in total. The van der Waals surface area contributed by atoms with E-state index in [1.54, 1.807) is 6.92 Å². The third-order valence-corrected chi connectivity index (χ3v) is 2.58. The molecule has 96 valence electrons. The Balaban J connectivity index is 2.40. The summed E-state index contributed by atoms with van der Waals surface area (Å²) in [6.07, 6.45) is 0.0517. The van der Waals surface area contributed by atoms with Gasteiger partial charge in [0.05, 0.1) is 12.7 Å². The minimum absolute atomic E-state index is 0.0969. The van der Waals surface area contributed by atoms with Gasteiger partial charge in [-0.25, -0.2) is 9.59 Å². The summed E-state index contributed by atoms with van der Waals surface area (Å²) in [7, 11) is 0. The van der Waals surface area contributed by atoms with Crippen LogP contribution in [0.3, 0.4) is 0 Å². The highest BCUT2D eigenvalue weighted by Crippen LogP contribution is 2.27. The molecule has 1 aromatic rings. The number of carbonyl (C=O) groups is 3. The third-order valence-electron chi connectivity index (χ3n) is 2.58. The number of amides is 4. The van der Waals surface area contributed by atoms with Gasteiger partial charge in [0.15, 0.2) is 11.3 Å². The van der Waals surface area contributed by atoms with Crippen LogP contribution in [0.25, 0.3) is 0 Å². The van der Waals surface area contributed by atoms with Crippen LogP contribution in [-0.4, -0.2) is 34.8 Å². The van der Waals surface area contributed by atoms with Crippen molar-refractivity contribution in [2.75, 3.05) is 6.54 Å². The zero-order valence-corrected chi connectivity index (χ0v) is 9.31. The Bertz CT molecular complexity index is 525. The Labute approximate surface area is 101 Å². The highest BCUT2D eigenvalue weighted by molar-refractivity contribution is 6.07. The number of hydrogen-bond acceptors (Lipinski definition) is 5. The lowest BCUT2D eigenvalue weighted by molar-refractivity contribution is -0.124. The number of nitrogens with zero attached hydrogens (tertiary/aromatic N) is 1. The molecule has 9 heteroatoms. The summed E-state index contributed by atoms with van der Waals surface area (Å²) in [4.78, 5) is 33.6. The fourth-order valence-corrected chi connectivity index (χ4v) is 1.77. The quantitative estimate of drug-likeness (QED) is 0.526. The molecule has 2 rings (SSSR count). The van der Waals surface area contributed by atoms with E-state index in [1.807, 2.05) is 10.6 Å². The van der Waals surface area contributed by atoms with E-state index in [9.17, 15) is 14.4 Å². The fourth-order valence-electron chi connectivity index (χ4n) is 1.77. The molecule has 1 saturated heterocycles. The van der Waals surface area contributed by atoms with Crippen molar-refractivity contribution < 1.29 is 24.0 Å². The Morgan fingerprint density at radius 2 is 2.33 bits per heavy atom. The van der Waals surface area contributed by atoms with E-state index in [1.165, 1.54) is 6.20 Å². The SMILES string of the molecule is Cc1cnoc1C1(CNC(=O)O)NC(=O)NC1=O. The predicted octanol–water partition coefficient (Wildman–Crippen LogP) is -0.715. The molecule has 1 atom stereocenters. The lowest BCUT2D eigenvalue weighted by atomic mass is 9.94. The van der Waals surface area contributed by atoms with Gasteiger partial charge in [0.1, 0.15) is 0 Å². The van der Waals surface area contributed by atoms with Gasteiger partial charge in [-0.2, -0.15) is 0 Å². The van der Waals surface area contributed by atoms with Crippen molar-refractivity contribution in [1.82, 2.24) is 21.1 Å². The van der Waals surface area contributed by atoms with Crippen LogP contribution in [0.4, 0.5) is 9.59 Å². The molecule has 0 spiro atoms. The maximum absolute atomic E-state index is 11.9. The van der Waals surface area contributed by atoms with E-state index in [4.69, 9.17) is 9.63 Å². The molecule has 4 N–H and O–H groups in total. The maximum atomic E-state index is 11.9. The summed E-state index contributed by atoms with van der Waals surface area (Å²) in [5.41, 5.74) is -1.07. The first-order valence-corrected chi connectivity index (χ1v) is 4.98. The van der Waals surface area contributed by atoms with E-state index in [0.29, 0.717) is 5.56 Å². The lowest BCUT2D eigenvalue weighted by Gasteiger charge is -2.23. The average Bonchev–Trinajstić information content (AvgIpc) is 2.81. The molecule has 0 bridgehead atoms. The molecule has 18 heavy (non-hydrogen) atoms. The van der Waals surface area contributed by atoms with Crippen molar-refractivity contribution in [3.05, 3.63) is 17.5 Å². The van der Waals surface area contributed by atoms with Crippen molar-refractivity contribution in [1.29, 1.82) is 0 Å². The molecular formula is C9H10N4O5. The van der Waals surface area contributed by atoms with E-state index >= 15 is 0 Å². The minimum Gasteiger partial charge on any atom is -0.465 e. The van der Waals surface area contributed by atoms with Crippen molar-refractivity contribution in [2.45, 2.75) is 12.5 Å². The van der Waals surface area contributed by atoms with Crippen LogP contribution >= 0.6 is 0 Å². The summed E-state index contributed by atoms with van der Waals surface area (Å²) >= 11 is 0. The monoisotopic (exact) mass is 254 g/mol. The summed E-state index contributed by atoms with van der Waals surface area (Å²) in [6.45, 7) is 1.28. The van der Waals surface area contributed by atoms with E-state index in [-0.39, 0.29) is 12.3 Å². The van der Waals surface area contributed by atoms with Crippen molar-refractivity contribution in [2.24, 2.45) is 0 Å². The van der Waals surface area contributed by atoms with E-state index in [2.05, 4.69) is 10.5 Å². The van der Waals surface area contributed by atoms with E-state index < -0.39 is 23.6 Å². The van der Waals surface area contributed by atoms with E-state index in [0.717, 1.165) is 0 Å². The highest BCUT2D eigenvalue weighted by Gasteiger charge is 2.51. The summed E-state index contributed by atoms with van der Waals surface area (Å²) in [6, 6.07) is -0.719. The maximum Gasteiger partial charge on any atom is 0.404 e. The van der Waals surface area contributed by atoms with Crippen molar-refractivity contribution >= 4 is 18.0 Å². The number of imide groups is 1. The number of aromatic nitrogens is 1. The van der Waals surface area contributed by atoms with Gasteiger partial charge in [-0.15, -0.1) is 0 Å². The Morgan fingerprint density at radius 1 is 1.61 bits per heavy atom. The van der Waals surface area contributed by atoms with Crippen LogP contribution < -0.4 is 16.0 Å². The Kier molecular flexibility index (Phi) is 2.66. The number of hydrogen-bond donors (Lipinski definition) is 4. The third kappa shape index (κ3) is 1.75. The van der Waals surface area contributed by atoms with Gasteiger partial charge < -0.3 is 20.3 Å². The topological polar surface area (TPSA) is 134 Å². The van der Waals surface area contributed by atoms with Crippen LogP contribution in [0.1, 0.15) is 11.3 Å². The molecule has 0 radical (unpaired) electrons. The molecule has 1 unspecified atom stereocenters. The number of aryl methyl sites for hydroxylation is 1. The molecule has 1 aliphatic heterocycles. The molecule has 0 aromatic carbocycles. The van der Waals surface area contributed by atoms with Gasteiger partial charge >= 0.3 is 12.1 Å². The molecule has 1 aromatic heterocycles. The molecule has 1 aliphatic rings. The highest BCUT2D eigenvalue weighted by atomic mass is 16.5. The molecule has 4 amide bonds. The predicted molar refractivity (Wildman–Crippen MR) is 55.6 cm³/mol. The van der Waals surface area contributed by atoms with Crippen LogP contribution in [0.2, 0.25) is 0 Å². The zero-order chi connectivity index (χ0) is 13.3. The minimum atomic E-state index is -1.60. The van der Waals surface area contributed by atoms with Crippen LogP contribution in [-0.2, 0) is 10.3 Å². The number of rotatable bonds is 3. The molecule has 2 heterocycles. The lowest BCUT2D eigenvalue weighted by Crippen LogP contribution is -2.52. The van der Waals surface area contributed by atoms with Gasteiger partial charge in [-0.1, -0.05) is 5.16 Å². The largest absolute Gasteiger partial charge is 0.465 e. The average molecular weight is 254 g/mol. The fraction of sp³-hybridized carbons (Fsp3) is 0.333. The summed E-state index contributed by atoms with van der Waals surface area (Å²) < 4.78 is 4.94. The first-order valence-electron chi connectivity index (χ1n) is 4.98. The molecule has 0 aliphatic carbocycles. The van der Waals surface area contributed by atoms with Crippen molar-refractivity contribution in [3.63, 3.8) is 0 Å². The molecule has 1 fully saturated rings. The van der Waals surface area contributed by atoms with Gasteiger partial charge in [-0.05, 0) is 6.92 Å². The zero-order valence-electron chi connectivity index (χ0n) is 9.31. The van der Waals surface area contributed by atoms with Crippen LogP contribution in [0.15, 0.2) is 10.7 Å². The van der Waals surface area contributed by atoms with Crippen LogP contribution in [0.5, 0.6) is 0 Å². The Hall–Kier alpha value is -2.58. The number of nitrogens with one attached hydrogen (secondary N) is 3. The Morgan fingerprint density at radius 3 is 2.78 bits per heavy atom. The smallest absolute Gasteiger partial charge is 0.404 e. The van der Waals surface area contributed by atoms with Gasteiger partial charge in [0.25, 0.3) is 5.91 Å². The normalized spacial score (nSPS) is 22.5. The first-order chi connectivity index (χ1) is 8.45. The van der Waals surface area contributed by atoms with Crippen molar-refractivity contribution in [3.8, 4) is 0 Å². The second kappa shape index (κ2) is 4.02. The first kappa shape index (κ1) is 11.9. The van der Waals surface area contributed by atoms with Gasteiger partial charge in [0.2, 0.25) is 0 Å². The number of carboxylic acid groups (broad SMARTS) is 1.